The van der Waals surface area contributed by atoms with Crippen molar-refractivity contribution in [2.24, 2.45) is 17.8 Å². The van der Waals surface area contributed by atoms with Crippen LogP contribution in [-0.4, -0.2) is 47.6 Å². The summed E-state index contributed by atoms with van der Waals surface area (Å²) < 4.78 is 0. The second kappa shape index (κ2) is 7.25. The lowest BCUT2D eigenvalue weighted by molar-refractivity contribution is -0.145. The van der Waals surface area contributed by atoms with Gasteiger partial charge in [0, 0.05) is 19.1 Å². The summed E-state index contributed by atoms with van der Waals surface area (Å²) in [6.07, 6.45) is 4.75. The summed E-state index contributed by atoms with van der Waals surface area (Å²) >= 11 is 0. The Hall–Kier alpha value is -1.10. The number of nitrogens with one attached hydrogen (secondary N) is 1. The molecule has 0 aromatic carbocycles. The zero-order valence-corrected chi connectivity index (χ0v) is 13.2. The zero-order chi connectivity index (χ0) is 15.4. The first-order valence-electron chi connectivity index (χ1n) is 8.19. The lowest BCUT2D eigenvalue weighted by Gasteiger charge is -2.34. The molecule has 1 aliphatic carbocycles. The van der Waals surface area contributed by atoms with Crippen LogP contribution in [0.15, 0.2) is 0 Å². The van der Waals surface area contributed by atoms with Gasteiger partial charge in [-0.3, -0.25) is 9.59 Å². The highest BCUT2D eigenvalue weighted by Crippen LogP contribution is 2.28. The predicted molar refractivity (Wildman–Crippen MR) is 80.9 cm³/mol. The van der Waals surface area contributed by atoms with Gasteiger partial charge >= 0.3 is 5.97 Å². The van der Waals surface area contributed by atoms with Crippen molar-refractivity contribution in [2.75, 3.05) is 19.6 Å². The van der Waals surface area contributed by atoms with Crippen molar-refractivity contribution in [3.8, 4) is 0 Å². The first-order chi connectivity index (χ1) is 9.95. The molecule has 0 spiro atoms. The first kappa shape index (κ1) is 16.3. The molecule has 21 heavy (non-hydrogen) atoms. The van der Waals surface area contributed by atoms with Gasteiger partial charge in [-0.2, -0.15) is 0 Å². The number of nitrogens with zero attached hydrogens (tertiary/aromatic N) is 1. The highest BCUT2D eigenvalue weighted by Gasteiger charge is 2.28. The van der Waals surface area contributed by atoms with E-state index in [-0.39, 0.29) is 11.8 Å². The molecule has 2 N–H and O–H groups in total. The molecule has 120 valence electrons. The highest BCUT2D eigenvalue weighted by molar-refractivity contribution is 5.79. The second-order valence-corrected chi connectivity index (χ2v) is 6.99. The van der Waals surface area contributed by atoms with Gasteiger partial charge in [0.15, 0.2) is 0 Å². The number of piperidine rings is 1. The van der Waals surface area contributed by atoms with E-state index in [2.05, 4.69) is 19.2 Å². The lowest BCUT2D eigenvalue weighted by Crippen LogP contribution is -2.47. The Kier molecular flexibility index (Phi) is 5.62. The molecule has 1 saturated carbocycles. The van der Waals surface area contributed by atoms with Crippen molar-refractivity contribution in [1.82, 2.24) is 10.2 Å². The van der Waals surface area contributed by atoms with Crippen molar-refractivity contribution in [2.45, 2.75) is 52.0 Å². The van der Waals surface area contributed by atoms with Gasteiger partial charge in [-0.15, -0.1) is 0 Å². The van der Waals surface area contributed by atoms with Crippen LogP contribution in [-0.2, 0) is 9.59 Å². The predicted octanol–water partition coefficient (Wildman–Crippen LogP) is 1.72. The quantitative estimate of drug-likeness (QED) is 0.829. The van der Waals surface area contributed by atoms with Crippen LogP contribution in [0.4, 0.5) is 0 Å². The fraction of sp³-hybridized carbons (Fsp3) is 0.875. The number of carbonyl (C=O) groups is 2. The molecule has 2 fully saturated rings. The van der Waals surface area contributed by atoms with E-state index in [9.17, 15) is 9.59 Å². The second-order valence-electron chi connectivity index (χ2n) is 6.99. The van der Waals surface area contributed by atoms with E-state index in [0.29, 0.717) is 38.5 Å². The van der Waals surface area contributed by atoms with Crippen molar-refractivity contribution in [3.05, 3.63) is 0 Å². The fourth-order valence-corrected chi connectivity index (χ4v) is 3.83. The molecule has 2 aliphatic rings. The third kappa shape index (κ3) is 4.70. The van der Waals surface area contributed by atoms with E-state index in [1.165, 1.54) is 6.42 Å². The molecule has 1 amide bonds. The molecule has 2 unspecified atom stereocenters. The Bertz CT molecular complexity index is 368. The van der Waals surface area contributed by atoms with Gasteiger partial charge < -0.3 is 15.3 Å². The standard InChI is InChI=1S/C16H28N2O3/c1-11-7-12(2)9-14(8-11)17-10-15(19)18-5-3-13(4-6-18)16(20)21/h11-14,17H,3-10H2,1-2H3,(H,20,21). The van der Waals surface area contributed by atoms with E-state index >= 15 is 0 Å². The number of carboxylic acids is 1. The minimum absolute atomic E-state index is 0.115. The van der Waals surface area contributed by atoms with Crippen LogP contribution >= 0.6 is 0 Å². The number of amides is 1. The maximum atomic E-state index is 12.2. The van der Waals surface area contributed by atoms with Crippen LogP contribution in [0, 0.1) is 17.8 Å². The number of likely N-dealkylation sites (tertiary alicyclic amines) is 1. The molecule has 2 rings (SSSR count). The molecule has 1 aliphatic heterocycles. The molecular weight excluding hydrogens is 268 g/mol. The van der Waals surface area contributed by atoms with Crippen molar-refractivity contribution in [1.29, 1.82) is 0 Å². The third-order valence-corrected chi connectivity index (χ3v) is 4.92. The van der Waals surface area contributed by atoms with Crippen molar-refractivity contribution < 1.29 is 14.7 Å². The highest BCUT2D eigenvalue weighted by atomic mass is 16.4. The minimum Gasteiger partial charge on any atom is -0.481 e. The summed E-state index contributed by atoms with van der Waals surface area (Å²) in [5.41, 5.74) is 0. The third-order valence-electron chi connectivity index (χ3n) is 4.92. The van der Waals surface area contributed by atoms with Crippen molar-refractivity contribution in [3.63, 3.8) is 0 Å². The van der Waals surface area contributed by atoms with E-state index < -0.39 is 5.97 Å². The minimum atomic E-state index is -0.731. The van der Waals surface area contributed by atoms with Gasteiger partial charge in [0.05, 0.1) is 12.5 Å². The molecular formula is C16H28N2O3. The van der Waals surface area contributed by atoms with Gasteiger partial charge in [0.25, 0.3) is 0 Å². The van der Waals surface area contributed by atoms with Crippen molar-refractivity contribution >= 4 is 11.9 Å². The Morgan fingerprint density at radius 2 is 1.67 bits per heavy atom. The van der Waals surface area contributed by atoms with Crippen LogP contribution in [0.2, 0.25) is 0 Å². The fourth-order valence-electron chi connectivity index (χ4n) is 3.83. The van der Waals surface area contributed by atoms with Gasteiger partial charge in [-0.25, -0.2) is 0 Å². The molecule has 5 nitrogen and oxygen atoms in total. The average molecular weight is 296 g/mol. The summed E-state index contributed by atoms with van der Waals surface area (Å²) in [7, 11) is 0. The Balaban J connectivity index is 1.71. The number of carbonyl (C=O) groups excluding carboxylic acids is 1. The maximum absolute atomic E-state index is 12.2. The van der Waals surface area contributed by atoms with Gasteiger partial charge in [-0.1, -0.05) is 13.8 Å². The number of rotatable bonds is 4. The smallest absolute Gasteiger partial charge is 0.306 e. The zero-order valence-electron chi connectivity index (χ0n) is 13.2. The number of carboxylic acid groups (broad SMARTS) is 1. The van der Waals surface area contributed by atoms with E-state index in [0.717, 1.165) is 24.7 Å². The van der Waals surface area contributed by atoms with Gasteiger partial charge in [0.2, 0.25) is 5.91 Å². The van der Waals surface area contributed by atoms with Crippen LogP contribution < -0.4 is 5.32 Å². The van der Waals surface area contributed by atoms with Gasteiger partial charge in [-0.05, 0) is 43.9 Å². The number of hydrogen-bond donors (Lipinski definition) is 2. The van der Waals surface area contributed by atoms with E-state index in [1.807, 2.05) is 4.90 Å². The van der Waals surface area contributed by atoms with Crippen LogP contribution in [0.3, 0.4) is 0 Å². The van der Waals surface area contributed by atoms with Crippen LogP contribution in [0.25, 0.3) is 0 Å². The monoisotopic (exact) mass is 296 g/mol. The molecule has 0 bridgehead atoms. The van der Waals surface area contributed by atoms with Crippen LogP contribution in [0.1, 0.15) is 46.0 Å². The molecule has 0 radical (unpaired) electrons. The lowest BCUT2D eigenvalue weighted by atomic mass is 9.80. The van der Waals surface area contributed by atoms with E-state index in [1.54, 1.807) is 0 Å². The summed E-state index contributed by atoms with van der Waals surface area (Å²) in [5.74, 6) is 0.567. The molecule has 1 heterocycles. The molecule has 5 heteroatoms. The summed E-state index contributed by atoms with van der Waals surface area (Å²) in [6, 6.07) is 0.448. The van der Waals surface area contributed by atoms with Gasteiger partial charge in [0.1, 0.15) is 0 Å². The van der Waals surface area contributed by atoms with E-state index in [4.69, 9.17) is 5.11 Å². The summed E-state index contributed by atoms with van der Waals surface area (Å²) in [6.45, 7) is 6.11. The number of aliphatic carboxylic acids is 1. The topological polar surface area (TPSA) is 69.6 Å². The number of hydrogen-bond acceptors (Lipinski definition) is 3. The summed E-state index contributed by atoms with van der Waals surface area (Å²) in [5, 5.41) is 12.4. The Morgan fingerprint density at radius 3 is 2.19 bits per heavy atom. The van der Waals surface area contributed by atoms with Crippen LogP contribution in [0.5, 0.6) is 0 Å². The molecule has 0 aromatic rings. The molecule has 0 aromatic heterocycles. The summed E-state index contributed by atoms with van der Waals surface area (Å²) in [4.78, 5) is 24.9. The largest absolute Gasteiger partial charge is 0.481 e. The normalized spacial score (nSPS) is 31.1. The SMILES string of the molecule is CC1CC(C)CC(NCC(=O)N2CCC(C(=O)O)CC2)C1. The first-order valence-corrected chi connectivity index (χ1v) is 8.19. The Morgan fingerprint density at radius 1 is 1.10 bits per heavy atom. The molecule has 1 saturated heterocycles. The maximum Gasteiger partial charge on any atom is 0.306 e. The molecule has 2 atom stereocenters. The Labute approximate surface area is 127 Å². The average Bonchev–Trinajstić information content (AvgIpc) is 2.44.